The normalized spacial score (nSPS) is 10.8. The van der Waals surface area contributed by atoms with Gasteiger partial charge in [-0.3, -0.25) is 10.1 Å². The van der Waals surface area contributed by atoms with Gasteiger partial charge >= 0.3 is 0 Å². The highest BCUT2D eigenvalue weighted by Crippen LogP contribution is 2.31. The van der Waals surface area contributed by atoms with Crippen LogP contribution in [0, 0.1) is 32.4 Å². The molecule has 0 aliphatic carbocycles. The molecule has 0 saturated carbocycles. The summed E-state index contributed by atoms with van der Waals surface area (Å²) >= 11 is 1.21. The molecule has 128 valence electrons. The molecule has 0 bridgehead atoms. The second kappa shape index (κ2) is 6.72. The fourth-order valence-corrected chi connectivity index (χ4v) is 3.60. The first kappa shape index (κ1) is 17.2. The molecule has 1 aromatic heterocycles. The van der Waals surface area contributed by atoms with Gasteiger partial charge in [-0.1, -0.05) is 23.8 Å². The fourth-order valence-electron chi connectivity index (χ4n) is 2.90. The van der Waals surface area contributed by atoms with Crippen LogP contribution < -0.4 is 5.32 Å². The third-order valence-electron chi connectivity index (χ3n) is 3.85. The summed E-state index contributed by atoms with van der Waals surface area (Å²) in [6, 6.07) is 7.43. The molecule has 2 aromatic carbocycles. The molecule has 25 heavy (non-hydrogen) atoms. The van der Waals surface area contributed by atoms with Crippen molar-refractivity contribution in [1.82, 2.24) is 4.98 Å². The SMILES string of the molecule is Cc1cc(C)c(-c2csc(NC(=O)c3c(F)cccc3F)n2)c(C)c1. The molecule has 0 aliphatic rings. The molecule has 1 amide bonds. The van der Waals surface area contributed by atoms with Crippen molar-refractivity contribution >= 4 is 22.4 Å². The van der Waals surface area contributed by atoms with E-state index in [-0.39, 0.29) is 0 Å². The van der Waals surface area contributed by atoms with Gasteiger partial charge in [0.1, 0.15) is 17.2 Å². The maximum absolute atomic E-state index is 13.7. The van der Waals surface area contributed by atoms with Crippen molar-refractivity contribution in [2.24, 2.45) is 0 Å². The first-order valence-electron chi connectivity index (χ1n) is 7.66. The molecule has 1 heterocycles. The number of aryl methyl sites for hydroxylation is 3. The van der Waals surface area contributed by atoms with E-state index >= 15 is 0 Å². The zero-order valence-corrected chi connectivity index (χ0v) is 14.8. The summed E-state index contributed by atoms with van der Waals surface area (Å²) < 4.78 is 27.4. The van der Waals surface area contributed by atoms with Crippen LogP contribution >= 0.6 is 11.3 Å². The molecular formula is C19H16F2N2OS. The highest BCUT2D eigenvalue weighted by molar-refractivity contribution is 7.14. The Morgan fingerprint density at radius 3 is 2.28 bits per heavy atom. The Morgan fingerprint density at radius 1 is 1.08 bits per heavy atom. The van der Waals surface area contributed by atoms with Gasteiger partial charge in [0.25, 0.3) is 5.91 Å². The lowest BCUT2D eigenvalue weighted by molar-refractivity contribution is 0.101. The third kappa shape index (κ3) is 3.44. The molecule has 0 fully saturated rings. The number of nitrogens with one attached hydrogen (secondary N) is 1. The van der Waals surface area contributed by atoms with Crippen LogP contribution in [0.25, 0.3) is 11.3 Å². The molecule has 0 saturated heterocycles. The van der Waals surface area contributed by atoms with Gasteiger partial charge in [0, 0.05) is 10.9 Å². The Morgan fingerprint density at radius 2 is 1.68 bits per heavy atom. The summed E-state index contributed by atoms with van der Waals surface area (Å²) in [4.78, 5) is 16.6. The van der Waals surface area contributed by atoms with E-state index in [9.17, 15) is 13.6 Å². The van der Waals surface area contributed by atoms with Gasteiger partial charge < -0.3 is 0 Å². The zero-order valence-electron chi connectivity index (χ0n) is 14.0. The van der Waals surface area contributed by atoms with Crippen molar-refractivity contribution in [1.29, 1.82) is 0 Å². The van der Waals surface area contributed by atoms with E-state index in [2.05, 4.69) is 22.4 Å². The van der Waals surface area contributed by atoms with Crippen molar-refractivity contribution in [3.8, 4) is 11.3 Å². The van der Waals surface area contributed by atoms with Gasteiger partial charge in [-0.15, -0.1) is 11.3 Å². The molecule has 3 nitrogen and oxygen atoms in total. The predicted octanol–water partition coefficient (Wildman–Crippen LogP) is 5.27. The highest BCUT2D eigenvalue weighted by atomic mass is 32.1. The molecule has 0 aliphatic heterocycles. The minimum Gasteiger partial charge on any atom is -0.298 e. The smallest absolute Gasteiger partial charge is 0.263 e. The molecular weight excluding hydrogens is 342 g/mol. The zero-order chi connectivity index (χ0) is 18.1. The van der Waals surface area contributed by atoms with Crippen molar-refractivity contribution < 1.29 is 13.6 Å². The summed E-state index contributed by atoms with van der Waals surface area (Å²) in [6.45, 7) is 6.03. The lowest BCUT2D eigenvalue weighted by Gasteiger charge is -2.09. The number of carbonyl (C=O) groups excluding carboxylic acids is 1. The number of amides is 1. The summed E-state index contributed by atoms with van der Waals surface area (Å²) in [5.41, 5.74) is 4.45. The molecule has 0 atom stereocenters. The molecule has 3 aromatic rings. The number of thiazole rings is 1. The third-order valence-corrected chi connectivity index (χ3v) is 4.61. The van der Waals surface area contributed by atoms with Crippen molar-refractivity contribution in [2.75, 3.05) is 5.32 Å². The van der Waals surface area contributed by atoms with E-state index < -0.39 is 23.1 Å². The van der Waals surface area contributed by atoms with Gasteiger partial charge in [0.15, 0.2) is 5.13 Å². The van der Waals surface area contributed by atoms with Crippen LogP contribution in [0.3, 0.4) is 0 Å². The number of anilines is 1. The first-order chi connectivity index (χ1) is 11.9. The van der Waals surface area contributed by atoms with Crippen molar-refractivity contribution in [3.05, 3.63) is 69.6 Å². The number of hydrogen-bond acceptors (Lipinski definition) is 3. The number of rotatable bonds is 3. The summed E-state index contributed by atoms with van der Waals surface area (Å²) in [6.07, 6.45) is 0. The van der Waals surface area contributed by atoms with Gasteiger partial charge in [0.2, 0.25) is 0 Å². The summed E-state index contributed by atoms with van der Waals surface area (Å²) in [5, 5.41) is 4.58. The molecule has 0 radical (unpaired) electrons. The van der Waals surface area contributed by atoms with E-state index in [1.165, 1.54) is 17.4 Å². The number of aromatic nitrogens is 1. The van der Waals surface area contributed by atoms with Gasteiger partial charge in [-0.2, -0.15) is 0 Å². The monoisotopic (exact) mass is 358 g/mol. The van der Waals surface area contributed by atoms with Crippen LogP contribution in [0.5, 0.6) is 0 Å². The van der Waals surface area contributed by atoms with Crippen LogP contribution in [-0.4, -0.2) is 10.9 Å². The van der Waals surface area contributed by atoms with E-state index in [1.54, 1.807) is 0 Å². The molecule has 0 spiro atoms. The van der Waals surface area contributed by atoms with E-state index in [0.29, 0.717) is 5.13 Å². The van der Waals surface area contributed by atoms with Crippen LogP contribution in [-0.2, 0) is 0 Å². The predicted molar refractivity (Wildman–Crippen MR) is 96.1 cm³/mol. The van der Waals surface area contributed by atoms with E-state index in [1.807, 2.05) is 26.2 Å². The maximum Gasteiger partial charge on any atom is 0.263 e. The average Bonchev–Trinajstić information content (AvgIpc) is 2.94. The topological polar surface area (TPSA) is 42.0 Å². The quantitative estimate of drug-likeness (QED) is 0.693. The van der Waals surface area contributed by atoms with E-state index in [4.69, 9.17) is 0 Å². The van der Waals surface area contributed by atoms with Gasteiger partial charge in [-0.05, 0) is 44.0 Å². The molecule has 6 heteroatoms. The van der Waals surface area contributed by atoms with E-state index in [0.717, 1.165) is 40.1 Å². The van der Waals surface area contributed by atoms with Gasteiger partial charge in [0.05, 0.1) is 5.69 Å². The Labute approximate surface area is 148 Å². The first-order valence-corrected chi connectivity index (χ1v) is 8.54. The summed E-state index contributed by atoms with van der Waals surface area (Å²) in [5.74, 6) is -2.66. The Kier molecular flexibility index (Phi) is 4.63. The lowest BCUT2D eigenvalue weighted by atomic mass is 9.98. The number of nitrogens with zero attached hydrogens (tertiary/aromatic N) is 1. The maximum atomic E-state index is 13.7. The number of benzene rings is 2. The summed E-state index contributed by atoms with van der Waals surface area (Å²) in [7, 11) is 0. The minimum atomic E-state index is -0.903. The molecule has 3 rings (SSSR count). The van der Waals surface area contributed by atoms with Gasteiger partial charge in [-0.25, -0.2) is 13.8 Å². The number of carbonyl (C=O) groups is 1. The Balaban J connectivity index is 1.89. The molecule has 1 N–H and O–H groups in total. The van der Waals surface area contributed by atoms with Crippen molar-refractivity contribution in [3.63, 3.8) is 0 Å². The fraction of sp³-hybridized carbons (Fsp3) is 0.158. The number of halogens is 2. The largest absolute Gasteiger partial charge is 0.298 e. The highest BCUT2D eigenvalue weighted by Gasteiger charge is 2.19. The van der Waals surface area contributed by atoms with Crippen LogP contribution in [0.1, 0.15) is 27.0 Å². The van der Waals surface area contributed by atoms with Crippen LogP contribution in [0.4, 0.5) is 13.9 Å². The second-order valence-electron chi connectivity index (χ2n) is 5.86. The van der Waals surface area contributed by atoms with Crippen LogP contribution in [0.2, 0.25) is 0 Å². The lowest BCUT2D eigenvalue weighted by Crippen LogP contribution is -2.15. The minimum absolute atomic E-state index is 0.294. The average molecular weight is 358 g/mol. The Hall–Kier alpha value is -2.60. The van der Waals surface area contributed by atoms with Crippen molar-refractivity contribution in [2.45, 2.75) is 20.8 Å². The molecule has 0 unspecified atom stereocenters. The standard InChI is InChI=1S/C19H16F2N2OS/c1-10-7-11(2)16(12(3)8-10)15-9-25-19(22-15)23-18(24)17-13(20)5-4-6-14(17)21/h4-9H,1-3H3,(H,22,23,24). The second-order valence-corrected chi connectivity index (χ2v) is 6.72. The van der Waals surface area contributed by atoms with Crippen LogP contribution in [0.15, 0.2) is 35.7 Å². The number of hydrogen-bond donors (Lipinski definition) is 1. The Bertz CT molecular complexity index is 923.